The smallest absolute Gasteiger partial charge is 0.150 e. The van der Waals surface area contributed by atoms with E-state index in [-0.39, 0.29) is 0 Å². The molecule has 1 N–H and O–H groups in total. The molecular weight excluding hydrogens is 330 g/mol. The average molecular weight is 358 g/mol. The van der Waals surface area contributed by atoms with Crippen LogP contribution in [0.2, 0.25) is 5.15 Å². The molecule has 0 amide bonds. The third-order valence-corrected chi connectivity index (χ3v) is 6.54. The Hall–Kier alpha value is -1.32. The predicted octanol–water partition coefficient (Wildman–Crippen LogP) is 4.73. The molecule has 0 bridgehead atoms. The number of H-pyrrole nitrogens is 1. The number of imidazole rings is 1. The second-order valence-electron chi connectivity index (χ2n) is 7.80. The molecule has 1 aliphatic carbocycles. The summed E-state index contributed by atoms with van der Waals surface area (Å²) in [6.07, 6.45) is 10.7. The van der Waals surface area contributed by atoms with E-state index >= 15 is 0 Å². The number of halogens is 1. The van der Waals surface area contributed by atoms with Gasteiger partial charge < -0.3 is 9.88 Å². The molecule has 25 heavy (non-hydrogen) atoms. The van der Waals surface area contributed by atoms with Crippen LogP contribution in [0.1, 0.15) is 43.4 Å². The van der Waals surface area contributed by atoms with Gasteiger partial charge in [0.25, 0.3) is 0 Å². The maximum atomic E-state index is 6.07. The lowest BCUT2D eigenvalue weighted by atomic mass is 9.76. The largest absolute Gasteiger partial charge is 0.347 e. The van der Waals surface area contributed by atoms with E-state index in [2.05, 4.69) is 45.2 Å². The van der Waals surface area contributed by atoms with E-state index in [1.54, 1.807) is 6.33 Å². The van der Waals surface area contributed by atoms with Crippen LogP contribution in [0.4, 0.5) is 0 Å². The lowest BCUT2D eigenvalue weighted by Gasteiger charge is -2.36. The Kier molecular flexibility index (Phi) is 5.42. The Morgan fingerprint density at radius 1 is 1.16 bits per heavy atom. The van der Waals surface area contributed by atoms with Crippen molar-refractivity contribution in [1.82, 2.24) is 14.9 Å². The van der Waals surface area contributed by atoms with Crippen molar-refractivity contribution < 1.29 is 0 Å². The number of aromatic nitrogens is 2. The third kappa shape index (κ3) is 4.09. The summed E-state index contributed by atoms with van der Waals surface area (Å²) in [6, 6.07) is 11.9. The van der Waals surface area contributed by atoms with E-state index in [4.69, 9.17) is 11.6 Å². The van der Waals surface area contributed by atoms with Crippen molar-refractivity contribution in [2.24, 2.45) is 11.8 Å². The van der Waals surface area contributed by atoms with Crippen LogP contribution in [0.5, 0.6) is 0 Å². The number of nitrogens with zero attached hydrogens (tertiary/aromatic N) is 2. The Morgan fingerprint density at radius 3 is 2.84 bits per heavy atom. The van der Waals surface area contributed by atoms with Crippen LogP contribution in [0.15, 0.2) is 36.7 Å². The molecule has 1 saturated carbocycles. The van der Waals surface area contributed by atoms with Gasteiger partial charge in [0.2, 0.25) is 0 Å². The zero-order valence-electron chi connectivity index (χ0n) is 14.8. The van der Waals surface area contributed by atoms with Crippen LogP contribution < -0.4 is 0 Å². The molecule has 1 aromatic carbocycles. The first-order chi connectivity index (χ1) is 12.3. The number of rotatable bonds is 6. The van der Waals surface area contributed by atoms with Crippen molar-refractivity contribution in [2.45, 2.75) is 51.0 Å². The number of nitrogens with one attached hydrogen (secondary N) is 1. The van der Waals surface area contributed by atoms with Gasteiger partial charge in [-0.25, -0.2) is 4.98 Å². The molecular formula is C21H28ClN3. The maximum absolute atomic E-state index is 6.07. The minimum atomic E-state index is 0.640. The summed E-state index contributed by atoms with van der Waals surface area (Å²) < 4.78 is 0. The molecule has 3 nitrogen and oxygen atoms in total. The van der Waals surface area contributed by atoms with E-state index in [0.29, 0.717) is 5.15 Å². The van der Waals surface area contributed by atoms with E-state index in [1.807, 2.05) is 0 Å². The molecule has 1 saturated heterocycles. The topological polar surface area (TPSA) is 31.9 Å². The number of benzene rings is 1. The molecule has 2 aromatic rings. The summed E-state index contributed by atoms with van der Waals surface area (Å²) in [5.41, 5.74) is 2.60. The summed E-state index contributed by atoms with van der Waals surface area (Å²) in [5.74, 6) is 1.80. The van der Waals surface area contributed by atoms with Gasteiger partial charge in [-0.3, -0.25) is 0 Å². The van der Waals surface area contributed by atoms with Crippen molar-refractivity contribution in [1.29, 1.82) is 0 Å². The summed E-state index contributed by atoms with van der Waals surface area (Å²) in [6.45, 7) is 2.48. The van der Waals surface area contributed by atoms with Gasteiger partial charge in [0.1, 0.15) is 5.15 Å². The van der Waals surface area contributed by atoms with Crippen LogP contribution in [0, 0.1) is 11.8 Å². The van der Waals surface area contributed by atoms with Crippen molar-refractivity contribution in [3.63, 3.8) is 0 Å². The van der Waals surface area contributed by atoms with Gasteiger partial charge in [0.05, 0.1) is 12.0 Å². The van der Waals surface area contributed by atoms with Gasteiger partial charge in [0, 0.05) is 6.04 Å². The Morgan fingerprint density at radius 2 is 2.04 bits per heavy atom. The second-order valence-corrected chi connectivity index (χ2v) is 8.15. The number of hydrogen-bond donors (Lipinski definition) is 1. The summed E-state index contributed by atoms with van der Waals surface area (Å²) >= 11 is 6.07. The first-order valence-corrected chi connectivity index (χ1v) is 10.1. The summed E-state index contributed by atoms with van der Waals surface area (Å²) in [4.78, 5) is 9.97. The van der Waals surface area contributed by atoms with Crippen molar-refractivity contribution in [2.75, 3.05) is 13.1 Å². The fraction of sp³-hybridized carbons (Fsp3) is 0.571. The molecule has 3 atom stereocenters. The monoisotopic (exact) mass is 357 g/mol. The molecule has 0 radical (unpaired) electrons. The second kappa shape index (κ2) is 7.92. The predicted molar refractivity (Wildman–Crippen MR) is 103 cm³/mol. The molecule has 1 aliphatic heterocycles. The molecule has 4 heteroatoms. The molecule has 2 heterocycles. The molecule has 1 aromatic heterocycles. The van der Waals surface area contributed by atoms with Crippen molar-refractivity contribution in [3.05, 3.63) is 53.1 Å². The Bertz CT molecular complexity index is 669. The number of aryl methyl sites for hydroxylation is 1. The average Bonchev–Trinajstić information content (AvgIpc) is 3.22. The minimum absolute atomic E-state index is 0.640. The summed E-state index contributed by atoms with van der Waals surface area (Å²) in [5, 5.41) is 0.640. The van der Waals surface area contributed by atoms with Gasteiger partial charge >= 0.3 is 0 Å². The highest BCUT2D eigenvalue weighted by atomic mass is 35.5. The fourth-order valence-electron chi connectivity index (χ4n) is 4.98. The minimum Gasteiger partial charge on any atom is -0.347 e. The first-order valence-electron chi connectivity index (χ1n) is 9.75. The van der Waals surface area contributed by atoms with Crippen molar-refractivity contribution >= 4 is 11.6 Å². The maximum Gasteiger partial charge on any atom is 0.150 e. The van der Waals surface area contributed by atoms with Crippen LogP contribution >= 0.6 is 11.6 Å². The van der Waals surface area contributed by atoms with Crippen LogP contribution in [0.25, 0.3) is 0 Å². The lowest BCUT2D eigenvalue weighted by molar-refractivity contribution is 0.150. The third-order valence-electron chi connectivity index (χ3n) is 6.21. The van der Waals surface area contributed by atoms with E-state index in [9.17, 15) is 0 Å². The Balaban J connectivity index is 1.25. The van der Waals surface area contributed by atoms with E-state index < -0.39 is 0 Å². The molecule has 0 spiro atoms. The first kappa shape index (κ1) is 17.1. The van der Waals surface area contributed by atoms with Gasteiger partial charge in [-0.05, 0) is 75.4 Å². The van der Waals surface area contributed by atoms with E-state index in [0.717, 1.165) is 30.0 Å². The van der Waals surface area contributed by atoms with Gasteiger partial charge in [-0.1, -0.05) is 41.9 Å². The van der Waals surface area contributed by atoms with Crippen LogP contribution in [-0.4, -0.2) is 34.0 Å². The highest BCUT2D eigenvalue weighted by Gasteiger charge is 2.38. The zero-order chi connectivity index (χ0) is 17.1. The molecule has 3 unspecified atom stereocenters. The van der Waals surface area contributed by atoms with E-state index in [1.165, 1.54) is 57.2 Å². The normalized spacial score (nSPS) is 26.7. The summed E-state index contributed by atoms with van der Waals surface area (Å²) in [7, 11) is 0. The highest BCUT2D eigenvalue weighted by Crippen LogP contribution is 2.40. The number of hydrogen-bond acceptors (Lipinski definition) is 2. The van der Waals surface area contributed by atoms with Crippen molar-refractivity contribution in [3.8, 4) is 0 Å². The number of aromatic amines is 1. The van der Waals surface area contributed by atoms with Crippen LogP contribution in [-0.2, 0) is 12.8 Å². The van der Waals surface area contributed by atoms with Gasteiger partial charge in [-0.15, -0.1) is 0 Å². The van der Waals surface area contributed by atoms with Gasteiger partial charge in [-0.2, -0.15) is 0 Å². The standard InChI is InChI=1S/C21H28ClN3/c22-21-19(23-15-24-21)7-4-11-25-12-10-18-14-17(8-9-20(18)25)13-16-5-2-1-3-6-16/h1-3,5-6,15,17-18,20H,4,7-14H2,(H,23,24). The van der Waals surface area contributed by atoms with Gasteiger partial charge in [0.15, 0.2) is 0 Å². The lowest BCUT2D eigenvalue weighted by Crippen LogP contribution is -2.37. The SMILES string of the molecule is Clc1nc[nH]c1CCCN1CCC2CC(Cc3ccccc3)CCC21. The molecule has 2 fully saturated rings. The number of fused-ring (bicyclic) bond motifs is 1. The highest BCUT2D eigenvalue weighted by molar-refractivity contribution is 6.30. The quantitative estimate of drug-likeness (QED) is 0.810. The van der Waals surface area contributed by atoms with Crippen LogP contribution in [0.3, 0.4) is 0 Å². The molecule has 4 rings (SSSR count). The Labute approximate surface area is 155 Å². The molecule has 2 aliphatic rings. The zero-order valence-corrected chi connectivity index (χ0v) is 15.6. The number of likely N-dealkylation sites (tertiary alicyclic amines) is 1. The fourth-order valence-corrected chi connectivity index (χ4v) is 5.18. The molecule has 134 valence electrons.